The smallest absolute Gasteiger partial charge is 0.312 e. The Balaban J connectivity index is 1.92. The Morgan fingerprint density at radius 1 is 1.40 bits per heavy atom. The Labute approximate surface area is 114 Å². The molecule has 0 radical (unpaired) electrons. The maximum absolute atomic E-state index is 12.2. The number of aliphatic carboxylic acids is 1. The quantitative estimate of drug-likeness (QED) is 0.765. The van der Waals surface area contributed by atoms with Gasteiger partial charge in [0.25, 0.3) is 0 Å². The SMILES string of the molecule is Nn1c(=O)c(N2CC(CC(=O)O)C2)nc2ccccc21. The number of anilines is 1. The standard InChI is InChI=1S/C13H14N4O3/c14-17-10-4-2-1-3-9(10)15-12(13(17)20)16-6-8(7-16)5-11(18)19/h1-4,8H,5-7,14H2,(H,18,19). The minimum absolute atomic E-state index is 0.0615. The zero-order chi connectivity index (χ0) is 14.3. The van der Waals surface area contributed by atoms with E-state index in [9.17, 15) is 9.59 Å². The predicted molar refractivity (Wildman–Crippen MR) is 74.1 cm³/mol. The number of rotatable bonds is 3. The second kappa shape index (κ2) is 4.52. The van der Waals surface area contributed by atoms with Crippen LogP contribution in [0.3, 0.4) is 0 Å². The molecule has 1 aliphatic heterocycles. The number of carboxylic acid groups (broad SMARTS) is 1. The third kappa shape index (κ3) is 1.97. The summed E-state index contributed by atoms with van der Waals surface area (Å²) in [6.45, 7) is 1.04. The van der Waals surface area contributed by atoms with Crippen molar-refractivity contribution in [2.45, 2.75) is 6.42 Å². The van der Waals surface area contributed by atoms with Gasteiger partial charge in [0, 0.05) is 19.0 Å². The summed E-state index contributed by atoms with van der Waals surface area (Å²) in [4.78, 5) is 28.9. The summed E-state index contributed by atoms with van der Waals surface area (Å²) in [6.07, 6.45) is 0.112. The number of aromatic nitrogens is 2. The van der Waals surface area contributed by atoms with E-state index < -0.39 is 5.97 Å². The molecule has 1 aliphatic rings. The molecule has 0 aliphatic carbocycles. The number of carboxylic acids is 1. The monoisotopic (exact) mass is 274 g/mol. The number of nitrogens with two attached hydrogens (primary N) is 1. The lowest BCUT2D eigenvalue weighted by atomic mass is 9.96. The predicted octanol–water partition coefficient (Wildman–Crippen LogP) is 0.0212. The summed E-state index contributed by atoms with van der Waals surface area (Å²) < 4.78 is 1.09. The van der Waals surface area contributed by atoms with Gasteiger partial charge in [0.05, 0.1) is 17.5 Å². The van der Waals surface area contributed by atoms with Crippen LogP contribution in [0.5, 0.6) is 0 Å². The second-order valence-electron chi connectivity index (χ2n) is 4.97. The number of nitrogens with zero attached hydrogens (tertiary/aromatic N) is 3. The molecular weight excluding hydrogens is 260 g/mol. The van der Waals surface area contributed by atoms with Crippen LogP contribution in [0.2, 0.25) is 0 Å². The van der Waals surface area contributed by atoms with Gasteiger partial charge in [0.2, 0.25) is 0 Å². The van der Waals surface area contributed by atoms with Crippen molar-refractivity contribution in [2.75, 3.05) is 23.8 Å². The molecule has 0 unspecified atom stereocenters. The van der Waals surface area contributed by atoms with Gasteiger partial charge in [-0.25, -0.2) is 9.66 Å². The molecular formula is C13H14N4O3. The first kappa shape index (κ1) is 12.5. The highest BCUT2D eigenvalue weighted by molar-refractivity contribution is 5.76. The van der Waals surface area contributed by atoms with Gasteiger partial charge in [0.15, 0.2) is 5.82 Å². The highest BCUT2D eigenvalue weighted by Crippen LogP contribution is 2.23. The van der Waals surface area contributed by atoms with Crippen molar-refractivity contribution in [3.05, 3.63) is 34.6 Å². The van der Waals surface area contributed by atoms with Crippen LogP contribution in [0.25, 0.3) is 11.0 Å². The largest absolute Gasteiger partial charge is 0.481 e. The van der Waals surface area contributed by atoms with Crippen molar-refractivity contribution in [1.29, 1.82) is 0 Å². The molecule has 2 heterocycles. The van der Waals surface area contributed by atoms with Crippen LogP contribution >= 0.6 is 0 Å². The summed E-state index contributed by atoms with van der Waals surface area (Å²) in [5.74, 6) is 5.32. The Morgan fingerprint density at radius 3 is 2.80 bits per heavy atom. The molecule has 1 aromatic heterocycles. The summed E-state index contributed by atoms with van der Waals surface area (Å²) in [5, 5.41) is 8.73. The summed E-state index contributed by atoms with van der Waals surface area (Å²) in [7, 11) is 0. The first-order valence-corrected chi connectivity index (χ1v) is 6.30. The van der Waals surface area contributed by atoms with Crippen LogP contribution in [0.4, 0.5) is 5.82 Å². The van der Waals surface area contributed by atoms with E-state index in [-0.39, 0.29) is 23.7 Å². The summed E-state index contributed by atoms with van der Waals surface area (Å²) in [5.41, 5.74) is 0.854. The zero-order valence-corrected chi connectivity index (χ0v) is 10.7. The van der Waals surface area contributed by atoms with Gasteiger partial charge >= 0.3 is 11.5 Å². The Kier molecular flexibility index (Phi) is 2.81. The maximum atomic E-state index is 12.2. The third-order valence-corrected chi connectivity index (χ3v) is 3.50. The fourth-order valence-corrected chi connectivity index (χ4v) is 2.47. The molecule has 7 heteroatoms. The number of nitrogen functional groups attached to an aromatic ring is 1. The number of fused-ring (bicyclic) bond motifs is 1. The van der Waals surface area contributed by atoms with Crippen LogP contribution in [0.15, 0.2) is 29.1 Å². The van der Waals surface area contributed by atoms with Crippen molar-refractivity contribution >= 4 is 22.8 Å². The molecule has 0 atom stereocenters. The van der Waals surface area contributed by atoms with E-state index >= 15 is 0 Å². The van der Waals surface area contributed by atoms with Gasteiger partial charge in [-0.15, -0.1) is 0 Å². The zero-order valence-electron chi connectivity index (χ0n) is 10.7. The molecule has 104 valence electrons. The topological polar surface area (TPSA) is 101 Å². The van der Waals surface area contributed by atoms with Crippen molar-refractivity contribution in [3.63, 3.8) is 0 Å². The Morgan fingerprint density at radius 2 is 2.10 bits per heavy atom. The minimum atomic E-state index is -0.822. The van der Waals surface area contributed by atoms with Crippen LogP contribution in [0, 0.1) is 5.92 Å². The highest BCUT2D eigenvalue weighted by Gasteiger charge is 2.31. The van der Waals surface area contributed by atoms with Crippen molar-refractivity contribution in [2.24, 2.45) is 5.92 Å². The first-order valence-electron chi connectivity index (χ1n) is 6.30. The minimum Gasteiger partial charge on any atom is -0.481 e. The maximum Gasteiger partial charge on any atom is 0.312 e. The van der Waals surface area contributed by atoms with E-state index in [2.05, 4.69) is 4.98 Å². The summed E-state index contributed by atoms with van der Waals surface area (Å²) in [6, 6.07) is 7.14. The number of benzene rings is 1. The molecule has 2 aromatic rings. The molecule has 0 saturated carbocycles. The van der Waals surface area contributed by atoms with Gasteiger partial charge in [-0.1, -0.05) is 12.1 Å². The molecule has 7 nitrogen and oxygen atoms in total. The Hall–Kier alpha value is -2.57. The Bertz CT molecular complexity index is 734. The molecule has 0 amide bonds. The summed E-state index contributed by atoms with van der Waals surface area (Å²) >= 11 is 0. The number of carbonyl (C=O) groups is 1. The average Bonchev–Trinajstić information content (AvgIpc) is 2.38. The van der Waals surface area contributed by atoms with E-state index in [4.69, 9.17) is 10.9 Å². The number of hydrogen-bond acceptors (Lipinski definition) is 5. The lowest BCUT2D eigenvalue weighted by Crippen LogP contribution is -2.51. The van der Waals surface area contributed by atoms with Crippen molar-refractivity contribution < 1.29 is 9.90 Å². The molecule has 1 saturated heterocycles. The van der Waals surface area contributed by atoms with E-state index in [1.807, 2.05) is 6.07 Å². The number of hydrogen-bond donors (Lipinski definition) is 2. The molecule has 0 bridgehead atoms. The van der Waals surface area contributed by atoms with Gasteiger partial charge in [0.1, 0.15) is 0 Å². The van der Waals surface area contributed by atoms with Gasteiger partial charge in [-0.2, -0.15) is 0 Å². The van der Waals surface area contributed by atoms with E-state index in [1.54, 1.807) is 23.1 Å². The van der Waals surface area contributed by atoms with E-state index in [0.29, 0.717) is 24.1 Å². The second-order valence-corrected chi connectivity index (χ2v) is 4.97. The van der Waals surface area contributed by atoms with Gasteiger partial charge in [-0.3, -0.25) is 9.59 Å². The molecule has 1 aromatic carbocycles. The van der Waals surface area contributed by atoms with Crippen molar-refractivity contribution in [1.82, 2.24) is 9.66 Å². The lowest BCUT2D eigenvalue weighted by molar-refractivity contribution is -0.138. The number of para-hydroxylation sites is 2. The van der Waals surface area contributed by atoms with Crippen LogP contribution < -0.4 is 16.3 Å². The molecule has 3 N–H and O–H groups in total. The van der Waals surface area contributed by atoms with Crippen LogP contribution in [-0.4, -0.2) is 33.8 Å². The molecule has 20 heavy (non-hydrogen) atoms. The molecule has 0 spiro atoms. The van der Waals surface area contributed by atoms with Crippen LogP contribution in [0.1, 0.15) is 6.42 Å². The first-order chi connectivity index (χ1) is 9.56. The fraction of sp³-hybridized carbons (Fsp3) is 0.308. The van der Waals surface area contributed by atoms with E-state index in [0.717, 1.165) is 4.68 Å². The van der Waals surface area contributed by atoms with E-state index in [1.165, 1.54) is 0 Å². The molecule has 1 fully saturated rings. The van der Waals surface area contributed by atoms with Crippen molar-refractivity contribution in [3.8, 4) is 0 Å². The molecule has 3 rings (SSSR count). The lowest BCUT2D eigenvalue weighted by Gasteiger charge is -2.39. The van der Waals surface area contributed by atoms with Gasteiger partial charge < -0.3 is 15.8 Å². The van der Waals surface area contributed by atoms with Gasteiger partial charge in [-0.05, 0) is 12.1 Å². The fourth-order valence-electron chi connectivity index (χ4n) is 2.47. The average molecular weight is 274 g/mol. The van der Waals surface area contributed by atoms with Crippen LogP contribution in [-0.2, 0) is 4.79 Å². The normalized spacial score (nSPS) is 15.3. The third-order valence-electron chi connectivity index (χ3n) is 3.50. The highest BCUT2D eigenvalue weighted by atomic mass is 16.4.